The van der Waals surface area contributed by atoms with Crippen LogP contribution in [0.4, 0.5) is 5.69 Å². The number of nitrogen functional groups attached to an aromatic ring is 1. The topological polar surface area (TPSA) is 43.1 Å². The molecule has 0 fully saturated rings. The Balaban J connectivity index is 2.15. The molecule has 112 valence electrons. The van der Waals surface area contributed by atoms with Crippen LogP contribution in [0.15, 0.2) is 18.2 Å². The number of Topliss-reactive ketones (excluding diaryl/α,β-unsaturated/α-hetero) is 1. The first-order valence-electron chi connectivity index (χ1n) is 7.73. The third kappa shape index (κ3) is 6.42. The number of rotatable bonds is 10. The van der Waals surface area contributed by atoms with Gasteiger partial charge in [0.25, 0.3) is 0 Å². The fourth-order valence-electron chi connectivity index (χ4n) is 2.28. The summed E-state index contributed by atoms with van der Waals surface area (Å²) in [7, 11) is 0. The van der Waals surface area contributed by atoms with Gasteiger partial charge in [0.15, 0.2) is 5.78 Å². The Morgan fingerprint density at radius 2 is 1.65 bits per heavy atom. The lowest BCUT2D eigenvalue weighted by molar-refractivity contribution is 0.0979. The molecule has 0 saturated carbocycles. The van der Waals surface area contributed by atoms with Crippen LogP contribution in [0.5, 0.6) is 0 Å². The summed E-state index contributed by atoms with van der Waals surface area (Å²) in [6.45, 7) is 2.23. The van der Waals surface area contributed by atoms with E-state index in [0.717, 1.165) is 12.8 Å². The molecule has 0 radical (unpaired) electrons. The van der Waals surface area contributed by atoms with Gasteiger partial charge in [0.1, 0.15) is 0 Å². The number of nitrogens with two attached hydrogens (primary N) is 1. The number of halogens is 1. The van der Waals surface area contributed by atoms with Gasteiger partial charge in [-0.05, 0) is 24.6 Å². The summed E-state index contributed by atoms with van der Waals surface area (Å²) in [6.07, 6.45) is 10.6. The van der Waals surface area contributed by atoms with E-state index in [4.69, 9.17) is 17.3 Å². The number of carbonyl (C=O) groups is 1. The van der Waals surface area contributed by atoms with Gasteiger partial charge in [0.2, 0.25) is 0 Å². The van der Waals surface area contributed by atoms with Crippen LogP contribution in [-0.2, 0) is 0 Å². The second-order valence-electron chi connectivity index (χ2n) is 5.38. The van der Waals surface area contributed by atoms with Crippen molar-refractivity contribution in [3.8, 4) is 0 Å². The Hall–Kier alpha value is -1.02. The van der Waals surface area contributed by atoms with E-state index in [1.54, 1.807) is 18.2 Å². The van der Waals surface area contributed by atoms with Gasteiger partial charge in [-0.1, -0.05) is 63.5 Å². The van der Waals surface area contributed by atoms with E-state index >= 15 is 0 Å². The Morgan fingerprint density at radius 1 is 1.05 bits per heavy atom. The molecule has 0 aliphatic carbocycles. The number of anilines is 1. The lowest BCUT2D eigenvalue weighted by atomic mass is 10.0. The molecule has 0 saturated heterocycles. The lowest BCUT2D eigenvalue weighted by Gasteiger charge is -2.04. The Kier molecular flexibility index (Phi) is 8.36. The highest BCUT2D eigenvalue weighted by molar-refractivity contribution is 6.33. The molecule has 0 amide bonds. The Morgan fingerprint density at radius 3 is 2.25 bits per heavy atom. The van der Waals surface area contributed by atoms with E-state index < -0.39 is 0 Å². The Bertz CT molecular complexity index is 417. The van der Waals surface area contributed by atoms with Crippen molar-refractivity contribution in [3.05, 3.63) is 28.8 Å². The van der Waals surface area contributed by atoms with Crippen molar-refractivity contribution in [2.45, 2.75) is 64.7 Å². The minimum absolute atomic E-state index is 0.166. The van der Waals surface area contributed by atoms with Crippen LogP contribution in [0.25, 0.3) is 0 Å². The van der Waals surface area contributed by atoms with Crippen molar-refractivity contribution in [1.29, 1.82) is 0 Å². The van der Waals surface area contributed by atoms with Crippen molar-refractivity contribution in [2.24, 2.45) is 0 Å². The van der Waals surface area contributed by atoms with Crippen molar-refractivity contribution < 1.29 is 4.79 Å². The molecule has 2 N–H and O–H groups in total. The smallest absolute Gasteiger partial charge is 0.162 e. The zero-order chi connectivity index (χ0) is 14.8. The van der Waals surface area contributed by atoms with Crippen molar-refractivity contribution >= 4 is 23.1 Å². The van der Waals surface area contributed by atoms with Gasteiger partial charge >= 0.3 is 0 Å². The highest BCUT2D eigenvalue weighted by Gasteiger charge is 2.07. The molecule has 0 aliphatic rings. The molecular formula is C17H26ClNO. The fraction of sp³-hybridized carbons (Fsp3) is 0.588. The average molecular weight is 296 g/mol. The maximum atomic E-state index is 12.0. The normalized spacial score (nSPS) is 10.7. The molecule has 3 heteroatoms. The number of hydrogen-bond acceptors (Lipinski definition) is 2. The molecule has 0 spiro atoms. The number of ketones is 1. The molecule has 0 heterocycles. The summed E-state index contributed by atoms with van der Waals surface area (Å²) in [4.78, 5) is 12.0. The molecule has 0 unspecified atom stereocenters. The number of carbonyl (C=O) groups excluding carboxylic acids is 1. The van der Waals surface area contributed by atoms with Crippen LogP contribution in [0.3, 0.4) is 0 Å². The summed E-state index contributed by atoms with van der Waals surface area (Å²) in [5.41, 5.74) is 6.86. The van der Waals surface area contributed by atoms with Crippen molar-refractivity contribution in [2.75, 3.05) is 5.73 Å². The summed E-state index contributed by atoms with van der Waals surface area (Å²) >= 11 is 5.85. The van der Waals surface area contributed by atoms with Gasteiger partial charge < -0.3 is 5.73 Å². The van der Waals surface area contributed by atoms with Gasteiger partial charge in [-0.15, -0.1) is 0 Å². The van der Waals surface area contributed by atoms with Gasteiger partial charge in [0.05, 0.1) is 10.7 Å². The molecule has 0 atom stereocenters. The number of unbranched alkanes of at least 4 members (excludes halogenated alkanes) is 7. The number of hydrogen-bond donors (Lipinski definition) is 1. The predicted molar refractivity (Wildman–Crippen MR) is 87.4 cm³/mol. The molecule has 1 aromatic rings. The highest BCUT2D eigenvalue weighted by Crippen LogP contribution is 2.21. The molecule has 0 aromatic heterocycles. The maximum absolute atomic E-state index is 12.0. The van der Waals surface area contributed by atoms with Gasteiger partial charge in [-0.3, -0.25) is 4.79 Å². The second-order valence-corrected chi connectivity index (χ2v) is 5.79. The van der Waals surface area contributed by atoms with Crippen molar-refractivity contribution in [3.63, 3.8) is 0 Å². The standard InChI is InChI=1S/C17H26ClNO/c1-2-3-4-5-6-7-8-9-10-17(20)14-11-12-15(18)16(19)13-14/h11-13H,2-10,19H2,1H3. The van der Waals surface area contributed by atoms with E-state index in [1.165, 1.54) is 38.5 Å². The van der Waals surface area contributed by atoms with E-state index in [9.17, 15) is 4.79 Å². The largest absolute Gasteiger partial charge is 0.398 e. The first kappa shape index (κ1) is 17.0. The van der Waals surface area contributed by atoms with Crippen LogP contribution in [0.1, 0.15) is 75.1 Å². The summed E-state index contributed by atoms with van der Waals surface area (Å²) < 4.78 is 0. The van der Waals surface area contributed by atoms with Gasteiger partial charge in [0, 0.05) is 12.0 Å². The van der Waals surface area contributed by atoms with Crippen LogP contribution in [0, 0.1) is 0 Å². The van der Waals surface area contributed by atoms with E-state index in [0.29, 0.717) is 22.7 Å². The van der Waals surface area contributed by atoms with Crippen LogP contribution in [-0.4, -0.2) is 5.78 Å². The first-order valence-corrected chi connectivity index (χ1v) is 8.11. The third-order valence-corrected chi connectivity index (χ3v) is 3.92. The SMILES string of the molecule is CCCCCCCCCCC(=O)c1ccc(Cl)c(N)c1. The van der Waals surface area contributed by atoms with Crippen LogP contribution >= 0.6 is 11.6 Å². The first-order chi connectivity index (χ1) is 9.65. The number of benzene rings is 1. The summed E-state index contributed by atoms with van der Waals surface area (Å²) in [5.74, 6) is 0.166. The minimum atomic E-state index is 0.166. The summed E-state index contributed by atoms with van der Waals surface area (Å²) in [6, 6.07) is 5.12. The molecular weight excluding hydrogens is 270 g/mol. The molecule has 2 nitrogen and oxygen atoms in total. The van der Waals surface area contributed by atoms with E-state index in [2.05, 4.69) is 6.92 Å². The summed E-state index contributed by atoms with van der Waals surface area (Å²) in [5, 5.41) is 0.508. The highest BCUT2D eigenvalue weighted by atomic mass is 35.5. The van der Waals surface area contributed by atoms with Crippen LogP contribution < -0.4 is 5.73 Å². The minimum Gasteiger partial charge on any atom is -0.398 e. The molecule has 0 aliphatic heterocycles. The zero-order valence-corrected chi connectivity index (χ0v) is 13.2. The molecule has 20 heavy (non-hydrogen) atoms. The van der Waals surface area contributed by atoms with E-state index in [1.807, 2.05) is 0 Å². The molecule has 1 aromatic carbocycles. The van der Waals surface area contributed by atoms with Gasteiger partial charge in [-0.2, -0.15) is 0 Å². The van der Waals surface area contributed by atoms with Crippen molar-refractivity contribution in [1.82, 2.24) is 0 Å². The monoisotopic (exact) mass is 295 g/mol. The van der Waals surface area contributed by atoms with Crippen LogP contribution in [0.2, 0.25) is 5.02 Å². The average Bonchev–Trinajstić information content (AvgIpc) is 2.44. The Labute approximate surface area is 127 Å². The fourth-order valence-corrected chi connectivity index (χ4v) is 2.40. The third-order valence-electron chi connectivity index (χ3n) is 3.58. The molecule has 1 rings (SSSR count). The maximum Gasteiger partial charge on any atom is 0.162 e. The lowest BCUT2D eigenvalue weighted by Crippen LogP contribution is -2.00. The van der Waals surface area contributed by atoms with E-state index in [-0.39, 0.29) is 5.78 Å². The van der Waals surface area contributed by atoms with Gasteiger partial charge in [-0.25, -0.2) is 0 Å². The predicted octanol–water partition coefficient (Wildman–Crippen LogP) is 5.64. The second kappa shape index (κ2) is 9.82. The molecule has 0 bridgehead atoms. The quantitative estimate of drug-likeness (QED) is 0.345. The zero-order valence-electron chi connectivity index (χ0n) is 12.5.